The summed E-state index contributed by atoms with van der Waals surface area (Å²) in [4.78, 5) is 12.6. The minimum Gasteiger partial charge on any atom is -0.394 e. The molecule has 3 nitrogen and oxygen atoms in total. The van der Waals surface area contributed by atoms with E-state index in [1.807, 2.05) is 10.6 Å². The minimum absolute atomic E-state index is 0.0417. The van der Waals surface area contributed by atoms with Crippen LogP contribution in [0.3, 0.4) is 0 Å². The Kier molecular flexibility index (Phi) is 3.82. The molecule has 110 valence electrons. The van der Waals surface area contributed by atoms with Crippen molar-refractivity contribution in [3.05, 3.63) is 52.3 Å². The first-order valence-electron chi connectivity index (χ1n) is 7.75. The second kappa shape index (κ2) is 5.76. The van der Waals surface area contributed by atoms with E-state index in [2.05, 4.69) is 31.2 Å². The molecule has 0 atom stereocenters. The predicted molar refractivity (Wildman–Crippen MR) is 87.4 cm³/mol. The van der Waals surface area contributed by atoms with Gasteiger partial charge >= 0.3 is 0 Å². The fourth-order valence-corrected chi connectivity index (χ4v) is 3.23. The molecule has 21 heavy (non-hydrogen) atoms. The smallest absolute Gasteiger partial charge is 0.274 e. The number of benzene rings is 1. The van der Waals surface area contributed by atoms with Crippen molar-refractivity contribution in [3.8, 4) is 11.3 Å². The Bertz CT molecular complexity index is 679. The molecule has 3 heteroatoms. The van der Waals surface area contributed by atoms with Gasteiger partial charge < -0.3 is 10.3 Å². The van der Waals surface area contributed by atoms with Crippen molar-refractivity contribution in [1.82, 2.24) is 4.57 Å². The number of hydrogen-bond acceptors (Lipinski definition) is 2. The van der Waals surface area contributed by atoms with Gasteiger partial charge in [-0.2, -0.15) is 0 Å². The van der Waals surface area contributed by atoms with Crippen LogP contribution in [0.1, 0.15) is 43.7 Å². The van der Waals surface area contributed by atoms with Crippen LogP contribution in [0.4, 0.5) is 5.69 Å². The summed E-state index contributed by atoms with van der Waals surface area (Å²) in [5.41, 5.74) is 9.46. The summed E-state index contributed by atoms with van der Waals surface area (Å²) in [5.74, 6) is 0. The van der Waals surface area contributed by atoms with Gasteiger partial charge in [0, 0.05) is 6.04 Å². The molecule has 1 aromatic heterocycles. The molecular weight excluding hydrogens is 260 g/mol. The maximum atomic E-state index is 12.6. The van der Waals surface area contributed by atoms with Crippen molar-refractivity contribution in [1.29, 1.82) is 0 Å². The van der Waals surface area contributed by atoms with Crippen LogP contribution < -0.4 is 11.3 Å². The molecule has 1 aromatic carbocycles. The van der Waals surface area contributed by atoms with E-state index in [4.69, 9.17) is 5.73 Å². The van der Waals surface area contributed by atoms with Gasteiger partial charge in [-0.3, -0.25) is 4.79 Å². The topological polar surface area (TPSA) is 48.0 Å². The number of rotatable bonds is 2. The molecule has 2 N–H and O–H groups in total. The maximum Gasteiger partial charge on any atom is 0.274 e. The summed E-state index contributed by atoms with van der Waals surface area (Å²) in [7, 11) is 0. The molecule has 1 fully saturated rings. The first-order chi connectivity index (χ1) is 10.2. The average Bonchev–Trinajstić information content (AvgIpc) is 2.52. The van der Waals surface area contributed by atoms with E-state index in [-0.39, 0.29) is 11.6 Å². The lowest BCUT2D eigenvalue weighted by molar-refractivity contribution is 0.349. The molecule has 1 saturated carbocycles. The lowest BCUT2D eigenvalue weighted by Crippen LogP contribution is -2.29. The van der Waals surface area contributed by atoms with Crippen molar-refractivity contribution in [2.75, 3.05) is 5.73 Å². The molecule has 1 heterocycles. The lowest BCUT2D eigenvalue weighted by atomic mass is 9.94. The third-order valence-electron chi connectivity index (χ3n) is 4.43. The van der Waals surface area contributed by atoms with Crippen LogP contribution in [0.25, 0.3) is 11.3 Å². The number of nitrogen functional groups attached to an aromatic ring is 1. The highest BCUT2D eigenvalue weighted by Crippen LogP contribution is 2.31. The SMILES string of the molecule is Cc1ccc(-c2ccc(N)c(=O)n2C2CCCCC2)cc1. The molecule has 0 saturated heterocycles. The van der Waals surface area contributed by atoms with Crippen LogP contribution in [-0.2, 0) is 0 Å². The quantitative estimate of drug-likeness (QED) is 0.907. The summed E-state index contributed by atoms with van der Waals surface area (Å²) in [6, 6.07) is 12.3. The first kappa shape index (κ1) is 13.9. The van der Waals surface area contributed by atoms with E-state index < -0.39 is 0 Å². The number of nitrogens with two attached hydrogens (primary N) is 1. The van der Waals surface area contributed by atoms with E-state index in [9.17, 15) is 4.79 Å². The van der Waals surface area contributed by atoms with Crippen LogP contribution in [0, 0.1) is 6.92 Å². The average molecular weight is 282 g/mol. The molecule has 1 aliphatic carbocycles. The third-order valence-corrected chi connectivity index (χ3v) is 4.43. The van der Waals surface area contributed by atoms with Crippen LogP contribution in [-0.4, -0.2) is 4.57 Å². The number of aromatic nitrogens is 1. The van der Waals surface area contributed by atoms with Crippen LogP contribution in [0.15, 0.2) is 41.2 Å². The van der Waals surface area contributed by atoms with E-state index in [0.717, 1.165) is 24.1 Å². The summed E-state index contributed by atoms with van der Waals surface area (Å²) in [6.07, 6.45) is 5.80. The van der Waals surface area contributed by atoms with Gasteiger partial charge in [0.25, 0.3) is 5.56 Å². The zero-order chi connectivity index (χ0) is 14.8. The number of pyridine rings is 1. The fraction of sp³-hybridized carbons (Fsp3) is 0.389. The van der Waals surface area contributed by atoms with Gasteiger partial charge in [0.2, 0.25) is 0 Å². The van der Waals surface area contributed by atoms with Gasteiger partial charge in [0.1, 0.15) is 0 Å². The standard InChI is InChI=1S/C18H22N2O/c1-13-7-9-14(10-8-13)17-12-11-16(19)18(21)20(17)15-5-3-2-4-6-15/h7-12,15H,2-6,19H2,1H3. The Balaban J connectivity index is 2.13. The summed E-state index contributed by atoms with van der Waals surface area (Å²) in [6.45, 7) is 2.07. The van der Waals surface area contributed by atoms with Gasteiger partial charge in [-0.15, -0.1) is 0 Å². The molecular formula is C18H22N2O. The Morgan fingerprint density at radius 1 is 1.00 bits per heavy atom. The molecule has 1 aliphatic rings. The monoisotopic (exact) mass is 282 g/mol. The van der Waals surface area contributed by atoms with Crippen molar-refractivity contribution >= 4 is 5.69 Å². The maximum absolute atomic E-state index is 12.6. The van der Waals surface area contributed by atoms with Crippen LogP contribution in [0.2, 0.25) is 0 Å². The molecule has 3 rings (SSSR count). The van der Waals surface area contributed by atoms with Crippen LogP contribution in [0.5, 0.6) is 0 Å². The van der Waals surface area contributed by atoms with Crippen LogP contribution >= 0.6 is 0 Å². The van der Waals surface area contributed by atoms with Gasteiger partial charge in [-0.05, 0) is 37.5 Å². The Hall–Kier alpha value is -2.03. The van der Waals surface area contributed by atoms with Crippen molar-refractivity contribution in [3.63, 3.8) is 0 Å². The summed E-state index contributed by atoms with van der Waals surface area (Å²) >= 11 is 0. The van der Waals surface area contributed by atoms with Crippen molar-refractivity contribution in [2.24, 2.45) is 0 Å². The van der Waals surface area contributed by atoms with Crippen molar-refractivity contribution in [2.45, 2.75) is 45.1 Å². The second-order valence-corrected chi connectivity index (χ2v) is 6.01. The number of anilines is 1. The first-order valence-corrected chi connectivity index (χ1v) is 7.75. The highest BCUT2D eigenvalue weighted by molar-refractivity contribution is 5.62. The number of nitrogens with zero attached hydrogens (tertiary/aromatic N) is 1. The van der Waals surface area contributed by atoms with Gasteiger partial charge in [-0.25, -0.2) is 0 Å². The predicted octanol–water partition coefficient (Wildman–Crippen LogP) is 3.91. The normalized spacial score (nSPS) is 16.0. The number of hydrogen-bond donors (Lipinski definition) is 1. The molecule has 0 aliphatic heterocycles. The van der Waals surface area contributed by atoms with E-state index in [0.29, 0.717) is 5.69 Å². The molecule has 0 bridgehead atoms. The summed E-state index contributed by atoms with van der Waals surface area (Å²) in [5, 5.41) is 0. The lowest BCUT2D eigenvalue weighted by Gasteiger charge is -2.27. The fourth-order valence-electron chi connectivity index (χ4n) is 3.23. The zero-order valence-corrected chi connectivity index (χ0v) is 12.5. The Morgan fingerprint density at radius 2 is 1.67 bits per heavy atom. The Labute approximate surface area is 125 Å². The van der Waals surface area contributed by atoms with Gasteiger partial charge in [0.05, 0.1) is 11.4 Å². The molecule has 0 amide bonds. The highest BCUT2D eigenvalue weighted by Gasteiger charge is 2.20. The second-order valence-electron chi connectivity index (χ2n) is 6.01. The third kappa shape index (κ3) is 2.73. The summed E-state index contributed by atoms with van der Waals surface area (Å²) < 4.78 is 1.93. The molecule has 2 aromatic rings. The van der Waals surface area contributed by atoms with E-state index >= 15 is 0 Å². The molecule has 0 unspecified atom stereocenters. The minimum atomic E-state index is -0.0417. The molecule has 0 radical (unpaired) electrons. The van der Waals surface area contributed by atoms with E-state index in [1.165, 1.54) is 24.8 Å². The largest absolute Gasteiger partial charge is 0.394 e. The molecule has 0 spiro atoms. The van der Waals surface area contributed by atoms with Crippen molar-refractivity contribution < 1.29 is 0 Å². The van der Waals surface area contributed by atoms with E-state index in [1.54, 1.807) is 6.07 Å². The number of aryl methyl sites for hydroxylation is 1. The van der Waals surface area contributed by atoms with Gasteiger partial charge in [0.15, 0.2) is 0 Å². The zero-order valence-electron chi connectivity index (χ0n) is 12.5. The van der Waals surface area contributed by atoms with Gasteiger partial charge in [-0.1, -0.05) is 49.1 Å². The Morgan fingerprint density at radius 3 is 2.33 bits per heavy atom. The highest BCUT2D eigenvalue weighted by atomic mass is 16.1.